The van der Waals surface area contributed by atoms with E-state index in [1.54, 1.807) is 7.11 Å². The molecular formula is C12H28N2O. The highest BCUT2D eigenvalue weighted by atomic mass is 16.5. The topological polar surface area (TPSA) is 33.3 Å². The third-order valence-corrected chi connectivity index (χ3v) is 2.41. The normalized spacial score (nSPS) is 15.6. The van der Waals surface area contributed by atoms with E-state index in [0.717, 1.165) is 19.7 Å². The molecule has 3 heteroatoms. The average Bonchev–Trinajstić information content (AvgIpc) is 2.15. The SMILES string of the molecule is COCC(C)CCNC(C)CNC(C)C. The first-order valence-corrected chi connectivity index (χ1v) is 6.02. The van der Waals surface area contributed by atoms with Gasteiger partial charge in [0.05, 0.1) is 0 Å². The lowest BCUT2D eigenvalue weighted by molar-refractivity contribution is 0.155. The molecule has 2 atom stereocenters. The zero-order chi connectivity index (χ0) is 11.7. The molecular weight excluding hydrogens is 188 g/mol. The Morgan fingerprint density at radius 2 is 1.73 bits per heavy atom. The van der Waals surface area contributed by atoms with Crippen LogP contribution in [0.25, 0.3) is 0 Å². The van der Waals surface area contributed by atoms with Crippen LogP contribution in [0.2, 0.25) is 0 Å². The predicted molar refractivity (Wildman–Crippen MR) is 66.3 cm³/mol. The van der Waals surface area contributed by atoms with Gasteiger partial charge in [0.15, 0.2) is 0 Å². The maximum atomic E-state index is 5.10. The fourth-order valence-electron chi connectivity index (χ4n) is 1.43. The fourth-order valence-corrected chi connectivity index (χ4v) is 1.43. The van der Waals surface area contributed by atoms with Crippen LogP contribution in [0.4, 0.5) is 0 Å². The van der Waals surface area contributed by atoms with E-state index in [-0.39, 0.29) is 0 Å². The van der Waals surface area contributed by atoms with Gasteiger partial charge in [-0.15, -0.1) is 0 Å². The largest absolute Gasteiger partial charge is 0.384 e. The molecule has 0 aliphatic rings. The van der Waals surface area contributed by atoms with E-state index in [4.69, 9.17) is 4.74 Å². The number of methoxy groups -OCH3 is 1. The van der Waals surface area contributed by atoms with Gasteiger partial charge in [0, 0.05) is 32.3 Å². The Labute approximate surface area is 95.0 Å². The van der Waals surface area contributed by atoms with Gasteiger partial charge in [-0.3, -0.25) is 0 Å². The lowest BCUT2D eigenvalue weighted by atomic mass is 10.1. The second-order valence-corrected chi connectivity index (χ2v) is 4.77. The molecule has 0 amide bonds. The van der Waals surface area contributed by atoms with Gasteiger partial charge in [-0.25, -0.2) is 0 Å². The van der Waals surface area contributed by atoms with Crippen LogP contribution in [0.5, 0.6) is 0 Å². The molecule has 0 aromatic carbocycles. The van der Waals surface area contributed by atoms with Gasteiger partial charge in [0.1, 0.15) is 0 Å². The average molecular weight is 216 g/mol. The smallest absolute Gasteiger partial charge is 0.0488 e. The molecule has 0 spiro atoms. The summed E-state index contributed by atoms with van der Waals surface area (Å²) in [7, 11) is 1.76. The first-order chi connectivity index (χ1) is 7.06. The van der Waals surface area contributed by atoms with Crippen molar-refractivity contribution in [1.29, 1.82) is 0 Å². The summed E-state index contributed by atoms with van der Waals surface area (Å²) in [6.45, 7) is 11.8. The van der Waals surface area contributed by atoms with Gasteiger partial charge < -0.3 is 15.4 Å². The van der Waals surface area contributed by atoms with Crippen molar-refractivity contribution >= 4 is 0 Å². The molecule has 0 aromatic heterocycles. The fraction of sp³-hybridized carbons (Fsp3) is 1.00. The zero-order valence-corrected chi connectivity index (χ0v) is 11.0. The Balaban J connectivity index is 3.34. The summed E-state index contributed by atoms with van der Waals surface area (Å²) in [6, 6.07) is 1.11. The lowest BCUT2D eigenvalue weighted by Gasteiger charge is -2.17. The number of rotatable bonds is 9. The summed E-state index contributed by atoms with van der Waals surface area (Å²) in [4.78, 5) is 0. The van der Waals surface area contributed by atoms with Gasteiger partial charge in [0.2, 0.25) is 0 Å². The lowest BCUT2D eigenvalue weighted by Crippen LogP contribution is -2.39. The van der Waals surface area contributed by atoms with Crippen LogP contribution < -0.4 is 10.6 Å². The van der Waals surface area contributed by atoms with Crippen molar-refractivity contribution in [3.8, 4) is 0 Å². The molecule has 3 nitrogen and oxygen atoms in total. The third-order valence-electron chi connectivity index (χ3n) is 2.41. The Morgan fingerprint density at radius 1 is 1.07 bits per heavy atom. The highest BCUT2D eigenvalue weighted by Crippen LogP contribution is 2.00. The maximum Gasteiger partial charge on any atom is 0.0488 e. The molecule has 0 aliphatic carbocycles. The molecule has 15 heavy (non-hydrogen) atoms. The van der Waals surface area contributed by atoms with Crippen molar-refractivity contribution in [2.45, 2.75) is 46.2 Å². The summed E-state index contributed by atoms with van der Waals surface area (Å²) in [5.74, 6) is 0.646. The van der Waals surface area contributed by atoms with Crippen LogP contribution in [0.15, 0.2) is 0 Å². The Bertz CT molecular complexity index is 140. The van der Waals surface area contributed by atoms with E-state index in [0.29, 0.717) is 18.0 Å². The van der Waals surface area contributed by atoms with Gasteiger partial charge >= 0.3 is 0 Å². The number of hydrogen-bond acceptors (Lipinski definition) is 3. The number of ether oxygens (including phenoxy) is 1. The minimum absolute atomic E-state index is 0.544. The van der Waals surface area contributed by atoms with Crippen LogP contribution in [0.1, 0.15) is 34.1 Å². The van der Waals surface area contributed by atoms with Crippen molar-refractivity contribution in [2.75, 3.05) is 26.8 Å². The molecule has 0 heterocycles. The Kier molecular flexibility index (Phi) is 9.06. The van der Waals surface area contributed by atoms with Gasteiger partial charge in [-0.1, -0.05) is 20.8 Å². The molecule has 92 valence electrons. The minimum atomic E-state index is 0.544. The first-order valence-electron chi connectivity index (χ1n) is 6.02. The molecule has 0 saturated heterocycles. The van der Waals surface area contributed by atoms with Crippen LogP contribution in [-0.2, 0) is 4.74 Å². The van der Waals surface area contributed by atoms with E-state index >= 15 is 0 Å². The maximum absolute atomic E-state index is 5.10. The number of nitrogens with one attached hydrogen (secondary N) is 2. The second kappa shape index (κ2) is 9.13. The summed E-state index contributed by atoms with van der Waals surface area (Å²) < 4.78 is 5.10. The number of hydrogen-bond donors (Lipinski definition) is 2. The van der Waals surface area contributed by atoms with E-state index < -0.39 is 0 Å². The van der Waals surface area contributed by atoms with Gasteiger partial charge in [-0.05, 0) is 25.8 Å². The molecule has 2 unspecified atom stereocenters. The summed E-state index contributed by atoms with van der Waals surface area (Å²) in [5, 5.41) is 6.93. The molecule has 0 bridgehead atoms. The van der Waals surface area contributed by atoms with Crippen molar-refractivity contribution in [2.24, 2.45) is 5.92 Å². The second-order valence-electron chi connectivity index (χ2n) is 4.77. The molecule has 2 N–H and O–H groups in total. The summed E-state index contributed by atoms with van der Waals surface area (Å²) in [5.41, 5.74) is 0. The zero-order valence-electron chi connectivity index (χ0n) is 11.0. The highest BCUT2D eigenvalue weighted by Gasteiger charge is 2.04. The van der Waals surface area contributed by atoms with E-state index in [9.17, 15) is 0 Å². The molecule has 0 aliphatic heterocycles. The highest BCUT2D eigenvalue weighted by molar-refractivity contribution is 4.66. The Morgan fingerprint density at radius 3 is 2.27 bits per heavy atom. The van der Waals surface area contributed by atoms with Crippen LogP contribution in [0.3, 0.4) is 0 Å². The van der Waals surface area contributed by atoms with Crippen molar-refractivity contribution in [1.82, 2.24) is 10.6 Å². The summed E-state index contributed by atoms with van der Waals surface area (Å²) >= 11 is 0. The minimum Gasteiger partial charge on any atom is -0.384 e. The van der Waals surface area contributed by atoms with Crippen LogP contribution in [0, 0.1) is 5.92 Å². The summed E-state index contributed by atoms with van der Waals surface area (Å²) in [6.07, 6.45) is 1.18. The van der Waals surface area contributed by atoms with Gasteiger partial charge in [-0.2, -0.15) is 0 Å². The van der Waals surface area contributed by atoms with E-state index in [1.807, 2.05) is 0 Å². The monoisotopic (exact) mass is 216 g/mol. The van der Waals surface area contributed by atoms with Crippen molar-refractivity contribution in [3.63, 3.8) is 0 Å². The first kappa shape index (κ1) is 14.9. The quantitative estimate of drug-likeness (QED) is 0.615. The molecule has 0 saturated carbocycles. The molecule has 0 fully saturated rings. The van der Waals surface area contributed by atoms with Gasteiger partial charge in [0.25, 0.3) is 0 Å². The Hall–Kier alpha value is -0.120. The van der Waals surface area contributed by atoms with Crippen molar-refractivity contribution < 1.29 is 4.74 Å². The third kappa shape index (κ3) is 10.2. The molecule has 0 rings (SSSR count). The molecule has 0 radical (unpaired) electrons. The van der Waals surface area contributed by atoms with Crippen molar-refractivity contribution in [3.05, 3.63) is 0 Å². The molecule has 0 aromatic rings. The predicted octanol–water partition coefficient (Wildman–Crippen LogP) is 1.64. The van der Waals surface area contributed by atoms with E-state index in [2.05, 4.69) is 38.3 Å². The van der Waals surface area contributed by atoms with Crippen LogP contribution >= 0.6 is 0 Å². The van der Waals surface area contributed by atoms with E-state index in [1.165, 1.54) is 6.42 Å². The standard InChI is InChI=1S/C12H28N2O/c1-10(2)14-8-12(4)13-7-6-11(3)9-15-5/h10-14H,6-9H2,1-5H3. The van der Waals surface area contributed by atoms with Crippen LogP contribution in [-0.4, -0.2) is 38.9 Å².